The van der Waals surface area contributed by atoms with Crippen molar-refractivity contribution in [1.29, 1.82) is 0 Å². The minimum atomic E-state index is 0.272. The van der Waals surface area contributed by atoms with Gasteiger partial charge in [0.15, 0.2) is 0 Å². The molecule has 0 aromatic heterocycles. The van der Waals surface area contributed by atoms with Crippen LogP contribution in [-0.2, 0) is 4.79 Å². The highest BCUT2D eigenvalue weighted by Gasteiger charge is 2.28. The summed E-state index contributed by atoms with van der Waals surface area (Å²) in [4.78, 5) is 12.0. The molecule has 2 aliphatic rings. The average Bonchev–Trinajstić information content (AvgIpc) is 2.73. The average molecular weight is 252 g/mol. The SMILES string of the molecule is CC1CCC(CC(=O)NCC2(C)CCNCC2)C1. The van der Waals surface area contributed by atoms with Gasteiger partial charge < -0.3 is 10.6 Å². The predicted octanol–water partition coefficient (Wildman–Crippen LogP) is 2.32. The molecule has 3 nitrogen and oxygen atoms in total. The first-order valence-electron chi connectivity index (χ1n) is 7.55. The van der Waals surface area contributed by atoms with Crippen LogP contribution >= 0.6 is 0 Å². The monoisotopic (exact) mass is 252 g/mol. The Morgan fingerprint density at radius 3 is 2.67 bits per heavy atom. The lowest BCUT2D eigenvalue weighted by Gasteiger charge is -2.34. The van der Waals surface area contributed by atoms with Crippen molar-refractivity contribution >= 4 is 5.91 Å². The Bertz CT molecular complexity index is 284. The standard InChI is InChI=1S/C15H28N2O/c1-12-3-4-13(9-12)10-14(18)17-11-15(2)5-7-16-8-6-15/h12-13,16H,3-11H2,1-2H3,(H,17,18). The van der Waals surface area contributed by atoms with Gasteiger partial charge in [-0.3, -0.25) is 4.79 Å². The van der Waals surface area contributed by atoms with E-state index in [2.05, 4.69) is 24.5 Å². The van der Waals surface area contributed by atoms with E-state index in [-0.39, 0.29) is 5.91 Å². The van der Waals surface area contributed by atoms with E-state index in [1.165, 1.54) is 32.1 Å². The van der Waals surface area contributed by atoms with E-state index in [9.17, 15) is 4.79 Å². The van der Waals surface area contributed by atoms with Gasteiger partial charge in [0, 0.05) is 13.0 Å². The summed E-state index contributed by atoms with van der Waals surface area (Å²) in [7, 11) is 0. The molecule has 1 saturated carbocycles. The van der Waals surface area contributed by atoms with E-state index in [0.717, 1.165) is 32.0 Å². The van der Waals surface area contributed by atoms with Crippen molar-refractivity contribution in [3.05, 3.63) is 0 Å². The first-order chi connectivity index (χ1) is 8.57. The first kappa shape index (κ1) is 13.9. The second kappa shape index (κ2) is 6.05. The smallest absolute Gasteiger partial charge is 0.220 e. The fourth-order valence-electron chi connectivity index (χ4n) is 3.36. The summed E-state index contributed by atoms with van der Waals surface area (Å²) >= 11 is 0. The normalized spacial score (nSPS) is 31.2. The Kier molecular flexibility index (Phi) is 4.66. The molecule has 1 amide bonds. The van der Waals surface area contributed by atoms with Gasteiger partial charge >= 0.3 is 0 Å². The van der Waals surface area contributed by atoms with Crippen LogP contribution < -0.4 is 10.6 Å². The lowest BCUT2D eigenvalue weighted by molar-refractivity contribution is -0.122. The van der Waals surface area contributed by atoms with Crippen LogP contribution in [0.4, 0.5) is 0 Å². The molecule has 0 aromatic carbocycles. The van der Waals surface area contributed by atoms with Gasteiger partial charge in [-0.2, -0.15) is 0 Å². The fourth-order valence-corrected chi connectivity index (χ4v) is 3.36. The lowest BCUT2D eigenvalue weighted by atomic mass is 9.81. The van der Waals surface area contributed by atoms with Crippen LogP contribution in [0, 0.1) is 17.3 Å². The van der Waals surface area contributed by atoms with Gasteiger partial charge in [0.25, 0.3) is 0 Å². The second-order valence-corrected chi connectivity index (χ2v) is 6.83. The maximum atomic E-state index is 12.0. The quantitative estimate of drug-likeness (QED) is 0.806. The van der Waals surface area contributed by atoms with Crippen LogP contribution in [0.5, 0.6) is 0 Å². The van der Waals surface area contributed by atoms with Crippen LogP contribution in [0.3, 0.4) is 0 Å². The van der Waals surface area contributed by atoms with Gasteiger partial charge in [0.2, 0.25) is 5.91 Å². The molecule has 2 fully saturated rings. The highest BCUT2D eigenvalue weighted by molar-refractivity contribution is 5.76. The van der Waals surface area contributed by atoms with Crippen LogP contribution in [0.15, 0.2) is 0 Å². The first-order valence-corrected chi connectivity index (χ1v) is 7.55. The van der Waals surface area contributed by atoms with E-state index < -0.39 is 0 Å². The van der Waals surface area contributed by atoms with Gasteiger partial charge in [-0.15, -0.1) is 0 Å². The molecule has 0 bridgehead atoms. The highest BCUT2D eigenvalue weighted by Crippen LogP contribution is 2.32. The molecule has 0 spiro atoms. The van der Waals surface area contributed by atoms with Crippen molar-refractivity contribution < 1.29 is 4.79 Å². The van der Waals surface area contributed by atoms with E-state index in [0.29, 0.717) is 11.3 Å². The topological polar surface area (TPSA) is 41.1 Å². The summed E-state index contributed by atoms with van der Waals surface area (Å²) in [5.74, 6) is 1.74. The van der Waals surface area contributed by atoms with Crippen molar-refractivity contribution in [3.8, 4) is 0 Å². The molecule has 1 saturated heterocycles. The third kappa shape index (κ3) is 3.98. The molecule has 1 aliphatic carbocycles. The summed E-state index contributed by atoms with van der Waals surface area (Å²) in [5.41, 5.74) is 0.309. The summed E-state index contributed by atoms with van der Waals surface area (Å²) in [6.07, 6.45) is 6.89. The number of carbonyl (C=O) groups is 1. The largest absolute Gasteiger partial charge is 0.356 e. The fraction of sp³-hybridized carbons (Fsp3) is 0.933. The zero-order valence-electron chi connectivity index (χ0n) is 11.9. The molecule has 2 unspecified atom stereocenters. The van der Waals surface area contributed by atoms with Crippen molar-refractivity contribution in [1.82, 2.24) is 10.6 Å². The Hall–Kier alpha value is -0.570. The van der Waals surface area contributed by atoms with E-state index in [4.69, 9.17) is 0 Å². The molecular formula is C15H28N2O. The number of carbonyl (C=O) groups excluding carboxylic acids is 1. The maximum Gasteiger partial charge on any atom is 0.220 e. The van der Waals surface area contributed by atoms with Gasteiger partial charge in [0.05, 0.1) is 0 Å². The van der Waals surface area contributed by atoms with Crippen molar-refractivity contribution in [2.45, 2.75) is 52.4 Å². The van der Waals surface area contributed by atoms with Crippen molar-refractivity contribution in [3.63, 3.8) is 0 Å². The number of piperidine rings is 1. The molecule has 2 atom stereocenters. The van der Waals surface area contributed by atoms with Gasteiger partial charge in [-0.25, -0.2) is 0 Å². The third-order valence-corrected chi connectivity index (χ3v) is 4.80. The molecule has 0 aromatic rings. The minimum Gasteiger partial charge on any atom is -0.356 e. The van der Waals surface area contributed by atoms with E-state index >= 15 is 0 Å². The predicted molar refractivity (Wildman–Crippen MR) is 74.3 cm³/mol. The Balaban J connectivity index is 1.68. The van der Waals surface area contributed by atoms with Crippen LogP contribution in [0.25, 0.3) is 0 Å². The van der Waals surface area contributed by atoms with E-state index in [1.54, 1.807) is 0 Å². The van der Waals surface area contributed by atoms with Gasteiger partial charge in [-0.05, 0) is 56.0 Å². The molecule has 2 N–H and O–H groups in total. The van der Waals surface area contributed by atoms with Crippen LogP contribution in [-0.4, -0.2) is 25.5 Å². The van der Waals surface area contributed by atoms with Gasteiger partial charge in [0.1, 0.15) is 0 Å². The van der Waals surface area contributed by atoms with Crippen LogP contribution in [0.2, 0.25) is 0 Å². The number of rotatable bonds is 4. The molecular weight excluding hydrogens is 224 g/mol. The van der Waals surface area contributed by atoms with Crippen molar-refractivity contribution in [2.75, 3.05) is 19.6 Å². The number of hydrogen-bond donors (Lipinski definition) is 2. The van der Waals surface area contributed by atoms with Crippen molar-refractivity contribution in [2.24, 2.45) is 17.3 Å². The molecule has 1 heterocycles. The molecule has 18 heavy (non-hydrogen) atoms. The Labute approximate surface area is 111 Å². The Morgan fingerprint density at radius 2 is 2.06 bits per heavy atom. The zero-order valence-corrected chi connectivity index (χ0v) is 11.9. The summed E-state index contributed by atoms with van der Waals surface area (Å²) < 4.78 is 0. The molecule has 0 radical (unpaired) electrons. The van der Waals surface area contributed by atoms with Gasteiger partial charge in [-0.1, -0.05) is 20.3 Å². The molecule has 2 rings (SSSR count). The lowest BCUT2D eigenvalue weighted by Crippen LogP contribution is -2.43. The Morgan fingerprint density at radius 1 is 1.33 bits per heavy atom. The zero-order chi connectivity index (χ0) is 13.0. The summed E-state index contributed by atoms with van der Waals surface area (Å²) in [5, 5.41) is 6.55. The third-order valence-electron chi connectivity index (χ3n) is 4.80. The summed E-state index contributed by atoms with van der Waals surface area (Å²) in [6.45, 7) is 7.63. The van der Waals surface area contributed by atoms with Crippen LogP contribution in [0.1, 0.15) is 52.4 Å². The number of amides is 1. The molecule has 104 valence electrons. The molecule has 3 heteroatoms. The molecule has 1 aliphatic heterocycles. The number of hydrogen-bond acceptors (Lipinski definition) is 2. The van der Waals surface area contributed by atoms with E-state index in [1.807, 2.05) is 0 Å². The number of nitrogens with one attached hydrogen (secondary N) is 2. The minimum absolute atomic E-state index is 0.272. The summed E-state index contributed by atoms with van der Waals surface area (Å²) in [6, 6.07) is 0. The maximum absolute atomic E-state index is 12.0. The second-order valence-electron chi connectivity index (χ2n) is 6.83. The highest BCUT2D eigenvalue weighted by atomic mass is 16.1.